The standard InChI is InChI=1S/C14H11Cl2N7O2/c1-8-3-9(2)22(20-8)14-19-17-7-21(14)18-6-10-4-13(23(24)25)12(16)5-11(10)15/h3-7H,1-2H3/b18-6-. The average Bonchev–Trinajstić information content (AvgIpc) is 3.11. The van der Waals surface area contributed by atoms with E-state index >= 15 is 0 Å². The maximum absolute atomic E-state index is 11.0. The largest absolute Gasteiger partial charge is 0.288 e. The summed E-state index contributed by atoms with van der Waals surface area (Å²) in [5, 5.41) is 27.5. The Morgan fingerprint density at radius 3 is 2.64 bits per heavy atom. The number of aromatic nitrogens is 5. The molecule has 1 aromatic carbocycles. The van der Waals surface area contributed by atoms with Crippen molar-refractivity contribution in [3.63, 3.8) is 0 Å². The number of rotatable bonds is 4. The summed E-state index contributed by atoms with van der Waals surface area (Å²) in [5.41, 5.74) is 1.77. The molecule has 0 aliphatic heterocycles. The molecule has 0 spiro atoms. The highest BCUT2D eigenvalue weighted by Crippen LogP contribution is 2.30. The number of aryl methyl sites for hydroxylation is 2. The van der Waals surface area contributed by atoms with Crippen molar-refractivity contribution in [2.75, 3.05) is 0 Å². The maximum atomic E-state index is 11.0. The van der Waals surface area contributed by atoms with Gasteiger partial charge in [0, 0.05) is 17.3 Å². The number of halogens is 2. The predicted molar refractivity (Wildman–Crippen MR) is 92.7 cm³/mol. The Bertz CT molecular complexity index is 993. The third kappa shape index (κ3) is 3.37. The molecule has 0 fully saturated rings. The Balaban J connectivity index is 1.99. The number of hydrogen-bond donors (Lipinski definition) is 0. The number of nitro benzene ring substituents is 1. The molecule has 0 aliphatic rings. The lowest BCUT2D eigenvalue weighted by Gasteiger charge is -2.03. The van der Waals surface area contributed by atoms with Gasteiger partial charge in [0.1, 0.15) is 11.3 Å². The van der Waals surface area contributed by atoms with E-state index in [-0.39, 0.29) is 15.7 Å². The van der Waals surface area contributed by atoms with Crippen LogP contribution in [0.2, 0.25) is 10.0 Å². The van der Waals surface area contributed by atoms with Crippen LogP contribution in [0.3, 0.4) is 0 Å². The van der Waals surface area contributed by atoms with Crippen LogP contribution in [0.4, 0.5) is 5.69 Å². The van der Waals surface area contributed by atoms with Crippen LogP contribution in [-0.2, 0) is 0 Å². The van der Waals surface area contributed by atoms with Crippen LogP contribution in [0.5, 0.6) is 0 Å². The first-order valence-electron chi connectivity index (χ1n) is 6.98. The molecule has 25 heavy (non-hydrogen) atoms. The van der Waals surface area contributed by atoms with Gasteiger partial charge in [0.05, 0.1) is 21.9 Å². The average molecular weight is 380 g/mol. The first-order valence-corrected chi connectivity index (χ1v) is 7.74. The van der Waals surface area contributed by atoms with Crippen LogP contribution in [0, 0.1) is 24.0 Å². The molecule has 2 heterocycles. The lowest BCUT2D eigenvalue weighted by Crippen LogP contribution is -2.06. The van der Waals surface area contributed by atoms with Crippen LogP contribution in [0.25, 0.3) is 5.95 Å². The second kappa shape index (κ2) is 6.61. The van der Waals surface area contributed by atoms with Gasteiger partial charge in [-0.1, -0.05) is 23.2 Å². The molecule has 0 saturated carbocycles. The Hall–Kier alpha value is -2.78. The van der Waals surface area contributed by atoms with Gasteiger partial charge in [-0.2, -0.15) is 14.9 Å². The minimum Gasteiger partial charge on any atom is -0.258 e. The van der Waals surface area contributed by atoms with Crippen molar-refractivity contribution in [1.82, 2.24) is 24.7 Å². The van der Waals surface area contributed by atoms with Crippen molar-refractivity contribution in [3.05, 3.63) is 61.6 Å². The summed E-state index contributed by atoms with van der Waals surface area (Å²) in [7, 11) is 0. The highest BCUT2D eigenvalue weighted by Gasteiger charge is 2.16. The number of nitrogens with zero attached hydrogens (tertiary/aromatic N) is 7. The van der Waals surface area contributed by atoms with Gasteiger partial charge in [-0.3, -0.25) is 10.1 Å². The van der Waals surface area contributed by atoms with Gasteiger partial charge in [-0.15, -0.1) is 10.2 Å². The molecule has 0 saturated heterocycles. The van der Waals surface area contributed by atoms with Crippen LogP contribution >= 0.6 is 23.2 Å². The quantitative estimate of drug-likeness (QED) is 0.393. The minimum atomic E-state index is -0.587. The summed E-state index contributed by atoms with van der Waals surface area (Å²) < 4.78 is 2.97. The second-order valence-electron chi connectivity index (χ2n) is 5.14. The molecule has 0 radical (unpaired) electrons. The van der Waals surface area contributed by atoms with Crippen molar-refractivity contribution in [2.45, 2.75) is 13.8 Å². The van der Waals surface area contributed by atoms with E-state index in [0.29, 0.717) is 11.5 Å². The first-order chi connectivity index (χ1) is 11.9. The Labute approximate surface area is 151 Å². The minimum absolute atomic E-state index is 0.0419. The van der Waals surface area contributed by atoms with Crippen LogP contribution in [-0.4, -0.2) is 35.8 Å². The lowest BCUT2D eigenvalue weighted by atomic mass is 10.2. The van der Waals surface area contributed by atoms with Crippen molar-refractivity contribution in [1.29, 1.82) is 0 Å². The highest BCUT2D eigenvalue weighted by atomic mass is 35.5. The molecular formula is C14H11Cl2N7O2. The van der Waals surface area contributed by atoms with Crippen molar-refractivity contribution in [2.24, 2.45) is 5.10 Å². The normalized spacial score (nSPS) is 11.4. The summed E-state index contributed by atoms with van der Waals surface area (Å²) in [6.07, 6.45) is 2.75. The smallest absolute Gasteiger partial charge is 0.258 e. The first kappa shape index (κ1) is 17.1. The fourth-order valence-corrected chi connectivity index (χ4v) is 2.69. The Kier molecular flexibility index (Phi) is 4.51. The van der Waals surface area contributed by atoms with Crippen LogP contribution in [0.1, 0.15) is 17.0 Å². The molecule has 0 aliphatic carbocycles. The molecule has 0 unspecified atom stereocenters. The van der Waals surface area contributed by atoms with Gasteiger partial charge in [-0.05, 0) is 26.0 Å². The summed E-state index contributed by atoms with van der Waals surface area (Å²) in [6.45, 7) is 3.74. The van der Waals surface area contributed by atoms with E-state index in [1.54, 1.807) is 4.68 Å². The van der Waals surface area contributed by atoms with E-state index in [9.17, 15) is 10.1 Å². The second-order valence-corrected chi connectivity index (χ2v) is 5.96. The van der Waals surface area contributed by atoms with E-state index < -0.39 is 4.92 Å². The lowest BCUT2D eigenvalue weighted by molar-refractivity contribution is -0.384. The van der Waals surface area contributed by atoms with Crippen molar-refractivity contribution >= 4 is 35.1 Å². The molecular weight excluding hydrogens is 369 g/mol. The number of benzene rings is 1. The number of nitro groups is 1. The molecule has 2 aromatic heterocycles. The summed E-state index contributed by atoms with van der Waals surface area (Å²) in [5.74, 6) is 0.376. The topological polar surface area (TPSA) is 104 Å². The van der Waals surface area contributed by atoms with E-state index in [1.165, 1.54) is 29.4 Å². The molecule has 3 aromatic rings. The fraction of sp³-hybridized carbons (Fsp3) is 0.143. The monoisotopic (exact) mass is 379 g/mol. The van der Waals surface area contributed by atoms with Gasteiger partial charge in [0.15, 0.2) is 0 Å². The van der Waals surface area contributed by atoms with Gasteiger partial charge >= 0.3 is 0 Å². The third-order valence-electron chi connectivity index (χ3n) is 3.30. The molecule has 11 heteroatoms. The van der Waals surface area contributed by atoms with Crippen LogP contribution < -0.4 is 0 Å². The third-order valence-corrected chi connectivity index (χ3v) is 3.93. The maximum Gasteiger partial charge on any atom is 0.288 e. The van der Waals surface area contributed by atoms with Gasteiger partial charge in [-0.25, -0.2) is 4.68 Å². The zero-order chi connectivity index (χ0) is 18.1. The SMILES string of the molecule is Cc1cc(C)n(-c2nncn2/N=C\c2cc([N+](=O)[O-])c(Cl)cc2Cl)n1. The molecule has 0 N–H and O–H groups in total. The fourth-order valence-electron chi connectivity index (χ4n) is 2.19. The summed E-state index contributed by atoms with van der Waals surface area (Å²) in [4.78, 5) is 10.4. The predicted octanol–water partition coefficient (Wildman–Crippen LogP) is 3.18. The van der Waals surface area contributed by atoms with Crippen molar-refractivity contribution < 1.29 is 4.92 Å². The van der Waals surface area contributed by atoms with Gasteiger partial charge < -0.3 is 0 Å². The number of hydrogen-bond acceptors (Lipinski definition) is 6. The Morgan fingerprint density at radius 1 is 1.24 bits per heavy atom. The summed E-state index contributed by atoms with van der Waals surface area (Å²) >= 11 is 11.9. The zero-order valence-corrected chi connectivity index (χ0v) is 14.6. The molecule has 3 rings (SSSR count). The molecule has 0 amide bonds. The van der Waals surface area contributed by atoms with Gasteiger partial charge in [0.2, 0.25) is 0 Å². The van der Waals surface area contributed by atoms with Crippen molar-refractivity contribution in [3.8, 4) is 5.95 Å². The molecule has 0 bridgehead atoms. The summed E-state index contributed by atoms with van der Waals surface area (Å²) in [6, 6.07) is 4.44. The van der Waals surface area contributed by atoms with E-state index in [4.69, 9.17) is 23.2 Å². The van der Waals surface area contributed by atoms with E-state index in [0.717, 1.165) is 11.4 Å². The molecule has 0 atom stereocenters. The Morgan fingerprint density at radius 2 is 2.00 bits per heavy atom. The van der Waals surface area contributed by atoms with E-state index in [1.807, 2.05) is 19.9 Å². The zero-order valence-electron chi connectivity index (χ0n) is 13.1. The van der Waals surface area contributed by atoms with Crippen LogP contribution in [0.15, 0.2) is 29.6 Å². The molecule has 128 valence electrons. The molecule has 9 nitrogen and oxygen atoms in total. The highest BCUT2D eigenvalue weighted by molar-refractivity contribution is 6.37. The van der Waals surface area contributed by atoms with Gasteiger partial charge in [0.25, 0.3) is 11.6 Å². The van der Waals surface area contributed by atoms with E-state index in [2.05, 4.69) is 20.4 Å².